The third-order valence-corrected chi connectivity index (χ3v) is 6.94. The first-order valence-corrected chi connectivity index (χ1v) is 11.8. The molecule has 2 aliphatic rings. The minimum Gasteiger partial charge on any atom is -0.490 e. The van der Waals surface area contributed by atoms with Gasteiger partial charge in [0.05, 0.1) is 12.1 Å². The molecule has 0 amide bonds. The van der Waals surface area contributed by atoms with E-state index in [4.69, 9.17) is 4.74 Å². The van der Waals surface area contributed by atoms with Gasteiger partial charge in [0.25, 0.3) is 0 Å². The van der Waals surface area contributed by atoms with Crippen LogP contribution in [0.2, 0.25) is 0 Å². The molecule has 4 heterocycles. The van der Waals surface area contributed by atoms with Crippen molar-refractivity contribution in [2.45, 2.75) is 38.1 Å². The normalized spacial score (nSPS) is 16.9. The summed E-state index contributed by atoms with van der Waals surface area (Å²) < 4.78 is 21.1. The molecule has 5 rings (SSSR count). The highest BCUT2D eigenvalue weighted by Crippen LogP contribution is 2.37. The van der Waals surface area contributed by atoms with Gasteiger partial charge in [-0.05, 0) is 63.2 Å². The lowest BCUT2D eigenvalue weighted by Gasteiger charge is -2.31. The van der Waals surface area contributed by atoms with Gasteiger partial charge in [0, 0.05) is 28.7 Å². The molecule has 8 heteroatoms. The molecule has 0 spiro atoms. The number of Topliss-reactive ketones (excluding diaryl/α,β-unsaturated/α-hetero) is 1. The van der Waals surface area contributed by atoms with Gasteiger partial charge in [-0.25, -0.2) is 4.39 Å². The highest BCUT2D eigenvalue weighted by atomic mass is 32.1. The van der Waals surface area contributed by atoms with Gasteiger partial charge >= 0.3 is 0 Å². The minimum absolute atomic E-state index is 0.0797. The summed E-state index contributed by atoms with van der Waals surface area (Å²) >= 11 is 1.63. The minimum atomic E-state index is -0.313. The average molecular weight is 441 g/mol. The third-order valence-electron chi connectivity index (χ3n) is 6.22. The van der Waals surface area contributed by atoms with Crippen LogP contribution >= 0.6 is 11.3 Å². The van der Waals surface area contributed by atoms with Crippen LogP contribution in [0.4, 0.5) is 4.39 Å². The van der Waals surface area contributed by atoms with Crippen LogP contribution in [0, 0.1) is 5.82 Å². The quantitative estimate of drug-likeness (QED) is 0.533. The van der Waals surface area contributed by atoms with Crippen molar-refractivity contribution in [3.63, 3.8) is 0 Å². The van der Waals surface area contributed by atoms with E-state index in [2.05, 4.69) is 25.0 Å². The van der Waals surface area contributed by atoms with Gasteiger partial charge in [0.15, 0.2) is 11.6 Å². The summed E-state index contributed by atoms with van der Waals surface area (Å²) in [6, 6.07) is 5.81. The van der Waals surface area contributed by atoms with E-state index in [9.17, 15) is 9.18 Å². The van der Waals surface area contributed by atoms with Gasteiger partial charge < -0.3 is 14.2 Å². The fraction of sp³-hybridized carbons (Fsp3) is 0.435. The van der Waals surface area contributed by atoms with Crippen LogP contribution in [0.15, 0.2) is 35.0 Å². The van der Waals surface area contributed by atoms with Gasteiger partial charge in [0.1, 0.15) is 24.0 Å². The van der Waals surface area contributed by atoms with Crippen LogP contribution < -0.4 is 4.74 Å². The molecule has 0 saturated carbocycles. The van der Waals surface area contributed by atoms with Gasteiger partial charge in [-0.1, -0.05) is 0 Å². The van der Waals surface area contributed by atoms with Gasteiger partial charge in [-0.15, -0.1) is 21.5 Å². The van der Waals surface area contributed by atoms with Crippen molar-refractivity contribution in [1.29, 1.82) is 0 Å². The molecule has 0 bridgehead atoms. The third kappa shape index (κ3) is 4.27. The van der Waals surface area contributed by atoms with E-state index in [0.29, 0.717) is 24.5 Å². The Morgan fingerprint density at radius 3 is 2.74 bits per heavy atom. The highest BCUT2D eigenvalue weighted by Gasteiger charge is 2.28. The van der Waals surface area contributed by atoms with Crippen LogP contribution in [-0.2, 0) is 6.54 Å². The monoisotopic (exact) mass is 440 g/mol. The Morgan fingerprint density at radius 2 is 1.94 bits per heavy atom. The first-order chi connectivity index (χ1) is 15.2. The molecule has 0 aliphatic carbocycles. The molecule has 1 aromatic carbocycles. The first kappa shape index (κ1) is 20.3. The summed E-state index contributed by atoms with van der Waals surface area (Å²) in [7, 11) is 0. The largest absolute Gasteiger partial charge is 0.490 e. The van der Waals surface area contributed by atoms with Crippen molar-refractivity contribution in [2.75, 3.05) is 26.2 Å². The molecule has 0 unspecified atom stereocenters. The lowest BCUT2D eigenvalue weighted by Crippen LogP contribution is -2.34. The fourth-order valence-electron chi connectivity index (χ4n) is 4.50. The number of fused-ring (bicyclic) bond motifs is 3. The Hall–Kier alpha value is -2.58. The molecule has 3 aromatic rings. The molecule has 1 saturated heterocycles. The lowest BCUT2D eigenvalue weighted by atomic mass is 9.95. The number of nitrogens with zero attached hydrogens (tertiary/aromatic N) is 4. The second-order valence-corrected chi connectivity index (χ2v) is 8.92. The molecule has 2 aromatic heterocycles. The summed E-state index contributed by atoms with van der Waals surface area (Å²) in [5.41, 5.74) is 1.63. The predicted octanol–water partition coefficient (Wildman–Crippen LogP) is 4.38. The average Bonchev–Trinajstić information content (AvgIpc) is 3.38. The second-order valence-electron chi connectivity index (χ2n) is 8.18. The van der Waals surface area contributed by atoms with E-state index in [1.165, 1.54) is 12.1 Å². The van der Waals surface area contributed by atoms with Crippen molar-refractivity contribution in [3.05, 3.63) is 52.2 Å². The van der Waals surface area contributed by atoms with Crippen LogP contribution in [0.25, 0.3) is 11.4 Å². The van der Waals surface area contributed by atoms with E-state index in [1.807, 2.05) is 5.38 Å². The standard InChI is InChI=1S/C23H25FN4O2S/c24-18-5-3-16(4-6-18)20(29)2-1-9-27-10-7-17(8-11-27)22-25-26-23-19-14-31-15-21(19)30-13-12-28(22)23/h3-6,14-15,17H,1-2,7-13H2. The number of hydrogen-bond acceptors (Lipinski definition) is 6. The van der Waals surface area contributed by atoms with E-state index >= 15 is 0 Å². The zero-order valence-electron chi connectivity index (χ0n) is 17.3. The molecular weight excluding hydrogens is 415 g/mol. The van der Waals surface area contributed by atoms with Crippen LogP contribution in [-0.4, -0.2) is 51.7 Å². The van der Waals surface area contributed by atoms with Gasteiger partial charge in [-0.2, -0.15) is 0 Å². The summed E-state index contributed by atoms with van der Waals surface area (Å²) in [4.78, 5) is 14.7. The molecule has 0 N–H and O–H groups in total. The second kappa shape index (κ2) is 8.88. The first-order valence-electron chi connectivity index (χ1n) is 10.8. The SMILES string of the molecule is O=C(CCCN1CCC(c2nnc3n2CCOc2cscc2-3)CC1)c1ccc(F)cc1. The molecule has 2 aliphatic heterocycles. The smallest absolute Gasteiger partial charge is 0.168 e. The number of hydrogen-bond donors (Lipinski definition) is 0. The Labute approximate surface area is 184 Å². The summed E-state index contributed by atoms with van der Waals surface area (Å²) in [6.07, 6.45) is 3.40. The van der Waals surface area contributed by atoms with Crippen molar-refractivity contribution in [2.24, 2.45) is 0 Å². The Morgan fingerprint density at radius 1 is 1.13 bits per heavy atom. The summed E-state index contributed by atoms with van der Waals surface area (Å²) in [6.45, 7) is 4.32. The number of carbonyl (C=O) groups is 1. The number of piperidine rings is 1. The van der Waals surface area contributed by atoms with Crippen molar-refractivity contribution < 1.29 is 13.9 Å². The van der Waals surface area contributed by atoms with Crippen molar-refractivity contribution >= 4 is 17.1 Å². The van der Waals surface area contributed by atoms with Crippen molar-refractivity contribution in [1.82, 2.24) is 19.7 Å². The molecule has 0 atom stereocenters. The Bertz CT molecular complexity index is 1050. The zero-order valence-corrected chi connectivity index (χ0v) is 18.1. The number of thiophene rings is 1. The van der Waals surface area contributed by atoms with Crippen LogP contribution in [0.5, 0.6) is 5.75 Å². The molecule has 162 valence electrons. The van der Waals surface area contributed by atoms with E-state index in [0.717, 1.165) is 68.4 Å². The number of rotatable bonds is 6. The molecule has 0 radical (unpaired) electrons. The number of ether oxygens (including phenoxy) is 1. The van der Waals surface area contributed by atoms with Gasteiger partial charge in [-0.3, -0.25) is 4.79 Å². The number of carbonyl (C=O) groups excluding carboxylic acids is 1. The molecule has 1 fully saturated rings. The fourth-order valence-corrected chi connectivity index (χ4v) is 5.25. The van der Waals surface area contributed by atoms with E-state index in [-0.39, 0.29) is 11.6 Å². The van der Waals surface area contributed by atoms with E-state index in [1.54, 1.807) is 23.5 Å². The maximum Gasteiger partial charge on any atom is 0.168 e. The topological polar surface area (TPSA) is 60.2 Å². The number of likely N-dealkylation sites (tertiary alicyclic amines) is 1. The Balaban J connectivity index is 1.14. The van der Waals surface area contributed by atoms with Crippen LogP contribution in [0.1, 0.15) is 47.8 Å². The van der Waals surface area contributed by atoms with Gasteiger partial charge in [0.2, 0.25) is 0 Å². The van der Waals surface area contributed by atoms with E-state index < -0.39 is 0 Å². The molecular formula is C23H25FN4O2S. The molecule has 31 heavy (non-hydrogen) atoms. The predicted molar refractivity (Wildman–Crippen MR) is 117 cm³/mol. The summed E-state index contributed by atoms with van der Waals surface area (Å²) in [5.74, 6) is 3.07. The number of ketones is 1. The zero-order chi connectivity index (χ0) is 21.2. The highest BCUT2D eigenvalue weighted by molar-refractivity contribution is 7.08. The lowest BCUT2D eigenvalue weighted by molar-refractivity contribution is 0.0972. The maximum atomic E-state index is 13.0. The maximum absolute atomic E-state index is 13.0. The molecule has 6 nitrogen and oxygen atoms in total. The summed E-state index contributed by atoms with van der Waals surface area (Å²) in [5, 5.41) is 13.2. The Kier molecular flexibility index (Phi) is 5.82. The van der Waals surface area contributed by atoms with Crippen LogP contribution in [0.3, 0.4) is 0 Å². The van der Waals surface area contributed by atoms with Crippen molar-refractivity contribution in [3.8, 4) is 17.1 Å². The number of halogens is 1. The number of aromatic nitrogens is 3. The number of benzene rings is 1.